The number of aromatic nitrogens is 2. The highest BCUT2D eigenvalue weighted by molar-refractivity contribution is 7.07. The number of anilines is 1. The van der Waals surface area contributed by atoms with Crippen LogP contribution in [0.15, 0.2) is 24.3 Å². The molecule has 0 saturated carbocycles. The lowest BCUT2D eigenvalue weighted by molar-refractivity contribution is 0.0919. The Balaban J connectivity index is 1.94. The van der Waals surface area contributed by atoms with Crippen LogP contribution in [0.3, 0.4) is 0 Å². The molecule has 0 aliphatic heterocycles. The molecule has 1 aromatic heterocycles. The van der Waals surface area contributed by atoms with Crippen LogP contribution in [0.1, 0.15) is 27.0 Å². The third-order valence-corrected chi connectivity index (χ3v) is 3.46. The van der Waals surface area contributed by atoms with Crippen molar-refractivity contribution in [2.24, 2.45) is 0 Å². The van der Waals surface area contributed by atoms with Crippen molar-refractivity contribution >= 4 is 23.1 Å². The van der Waals surface area contributed by atoms with Gasteiger partial charge in [-0.15, -0.1) is 5.10 Å². The Labute approximate surface area is 114 Å². The van der Waals surface area contributed by atoms with Gasteiger partial charge in [0.15, 0.2) is 0 Å². The topological polar surface area (TPSA) is 101 Å². The Bertz CT molecular complexity index is 567. The number of nitrogens with zero attached hydrogens (tertiary/aromatic N) is 2. The van der Waals surface area contributed by atoms with Crippen molar-refractivity contribution in [2.75, 3.05) is 12.3 Å². The van der Waals surface area contributed by atoms with Crippen molar-refractivity contribution in [1.29, 1.82) is 0 Å². The number of hydrogen-bond acceptors (Lipinski definition) is 6. The predicted molar refractivity (Wildman–Crippen MR) is 72.8 cm³/mol. The molecule has 0 bridgehead atoms. The van der Waals surface area contributed by atoms with Crippen molar-refractivity contribution in [1.82, 2.24) is 14.9 Å². The molecule has 0 spiro atoms. The lowest BCUT2D eigenvalue weighted by Gasteiger charge is -2.12. The zero-order valence-electron chi connectivity index (χ0n) is 10.3. The van der Waals surface area contributed by atoms with E-state index in [1.54, 1.807) is 31.2 Å². The number of nitrogen functional groups attached to an aromatic ring is 1. The summed E-state index contributed by atoms with van der Waals surface area (Å²) in [6, 6.07) is 6.87. The van der Waals surface area contributed by atoms with Crippen molar-refractivity contribution in [3.8, 4) is 0 Å². The summed E-state index contributed by atoms with van der Waals surface area (Å²) < 4.78 is 3.69. The van der Waals surface area contributed by atoms with Crippen molar-refractivity contribution < 1.29 is 9.90 Å². The van der Waals surface area contributed by atoms with E-state index < -0.39 is 6.10 Å². The van der Waals surface area contributed by atoms with Crippen LogP contribution < -0.4 is 11.1 Å². The number of aryl methyl sites for hydroxylation is 1. The van der Waals surface area contributed by atoms with E-state index in [2.05, 4.69) is 14.9 Å². The van der Waals surface area contributed by atoms with Crippen LogP contribution in [0.25, 0.3) is 0 Å². The standard InChI is InChI=1S/C12H14N4O2S/c1-7-11(19-16-15-7)12(18)14-6-10(17)8-2-4-9(13)5-3-8/h2-5,10,17H,6,13H2,1H3,(H,14,18). The fourth-order valence-corrected chi connectivity index (χ4v) is 2.12. The molecule has 7 heteroatoms. The molecular weight excluding hydrogens is 264 g/mol. The van der Waals surface area contributed by atoms with Gasteiger partial charge in [-0.25, -0.2) is 0 Å². The highest BCUT2D eigenvalue weighted by atomic mass is 32.1. The van der Waals surface area contributed by atoms with Crippen LogP contribution in [0.4, 0.5) is 5.69 Å². The fourth-order valence-electron chi connectivity index (χ4n) is 1.55. The second kappa shape index (κ2) is 5.77. The lowest BCUT2D eigenvalue weighted by Crippen LogP contribution is -2.28. The van der Waals surface area contributed by atoms with Gasteiger partial charge in [0, 0.05) is 12.2 Å². The number of benzene rings is 1. The molecule has 4 N–H and O–H groups in total. The molecule has 19 heavy (non-hydrogen) atoms. The average molecular weight is 278 g/mol. The first-order valence-electron chi connectivity index (χ1n) is 5.68. The van der Waals surface area contributed by atoms with Gasteiger partial charge in [-0.3, -0.25) is 4.79 Å². The molecular formula is C12H14N4O2S. The number of aliphatic hydroxyl groups is 1. The minimum Gasteiger partial charge on any atom is -0.399 e. The molecule has 0 radical (unpaired) electrons. The van der Waals surface area contributed by atoms with E-state index in [0.29, 0.717) is 21.8 Å². The third-order valence-electron chi connectivity index (χ3n) is 2.63. The predicted octanol–water partition coefficient (Wildman–Crippen LogP) is 0.892. The van der Waals surface area contributed by atoms with E-state index in [9.17, 15) is 9.90 Å². The highest BCUT2D eigenvalue weighted by Gasteiger charge is 2.15. The SMILES string of the molecule is Cc1nnsc1C(=O)NCC(O)c1ccc(N)cc1. The van der Waals surface area contributed by atoms with Crippen molar-refractivity contribution in [3.63, 3.8) is 0 Å². The quantitative estimate of drug-likeness (QED) is 0.721. The molecule has 0 aliphatic rings. The molecule has 1 heterocycles. The molecule has 1 amide bonds. The number of aliphatic hydroxyl groups excluding tert-OH is 1. The Morgan fingerprint density at radius 1 is 1.47 bits per heavy atom. The van der Waals surface area contributed by atoms with E-state index in [1.807, 2.05) is 0 Å². The van der Waals surface area contributed by atoms with Crippen LogP contribution in [0, 0.1) is 6.92 Å². The zero-order chi connectivity index (χ0) is 13.8. The fraction of sp³-hybridized carbons (Fsp3) is 0.250. The molecule has 1 aromatic carbocycles. The molecule has 100 valence electrons. The third kappa shape index (κ3) is 3.27. The number of hydrogen-bond donors (Lipinski definition) is 3. The second-order valence-electron chi connectivity index (χ2n) is 4.08. The Morgan fingerprint density at radius 2 is 2.16 bits per heavy atom. The summed E-state index contributed by atoms with van der Waals surface area (Å²) in [6.45, 7) is 1.84. The summed E-state index contributed by atoms with van der Waals surface area (Å²) in [6.07, 6.45) is -0.772. The molecule has 0 aliphatic carbocycles. The van der Waals surface area contributed by atoms with E-state index in [4.69, 9.17) is 5.73 Å². The molecule has 2 aromatic rings. The van der Waals surface area contributed by atoms with Crippen LogP contribution in [0.2, 0.25) is 0 Å². The molecule has 0 fully saturated rings. The van der Waals surface area contributed by atoms with Crippen LogP contribution in [-0.2, 0) is 0 Å². The minimum absolute atomic E-state index is 0.125. The Kier molecular flexibility index (Phi) is 4.08. The summed E-state index contributed by atoms with van der Waals surface area (Å²) >= 11 is 1.04. The van der Waals surface area contributed by atoms with Gasteiger partial charge in [0.1, 0.15) is 4.88 Å². The van der Waals surface area contributed by atoms with Crippen LogP contribution >= 0.6 is 11.5 Å². The first kappa shape index (κ1) is 13.4. The summed E-state index contributed by atoms with van der Waals surface area (Å²) in [5, 5.41) is 16.4. The molecule has 6 nitrogen and oxygen atoms in total. The maximum atomic E-state index is 11.8. The monoisotopic (exact) mass is 278 g/mol. The maximum Gasteiger partial charge on any atom is 0.265 e. The molecule has 1 unspecified atom stereocenters. The number of rotatable bonds is 4. The van der Waals surface area contributed by atoms with E-state index >= 15 is 0 Å². The van der Waals surface area contributed by atoms with E-state index in [-0.39, 0.29) is 12.5 Å². The molecule has 0 saturated heterocycles. The van der Waals surface area contributed by atoms with Gasteiger partial charge in [0.05, 0.1) is 11.8 Å². The summed E-state index contributed by atoms with van der Waals surface area (Å²) in [5.41, 5.74) is 7.49. The smallest absolute Gasteiger partial charge is 0.265 e. The molecule has 2 rings (SSSR count). The minimum atomic E-state index is -0.772. The van der Waals surface area contributed by atoms with E-state index in [1.165, 1.54) is 0 Å². The number of carbonyl (C=O) groups excluding carboxylic acids is 1. The Morgan fingerprint density at radius 3 is 2.74 bits per heavy atom. The average Bonchev–Trinajstić information content (AvgIpc) is 2.83. The van der Waals surface area contributed by atoms with Crippen LogP contribution in [-0.4, -0.2) is 27.1 Å². The second-order valence-corrected chi connectivity index (χ2v) is 4.83. The normalized spacial score (nSPS) is 12.1. The van der Waals surface area contributed by atoms with Gasteiger partial charge >= 0.3 is 0 Å². The maximum absolute atomic E-state index is 11.8. The Hall–Kier alpha value is -1.99. The summed E-state index contributed by atoms with van der Waals surface area (Å²) in [5.74, 6) is -0.276. The zero-order valence-corrected chi connectivity index (χ0v) is 11.1. The number of nitrogens with two attached hydrogens (primary N) is 1. The number of carbonyl (C=O) groups is 1. The molecule has 1 atom stereocenters. The van der Waals surface area contributed by atoms with Gasteiger partial charge in [0.25, 0.3) is 5.91 Å². The first-order chi connectivity index (χ1) is 9.08. The van der Waals surface area contributed by atoms with Gasteiger partial charge in [0.2, 0.25) is 0 Å². The van der Waals surface area contributed by atoms with E-state index in [0.717, 1.165) is 11.5 Å². The number of amides is 1. The van der Waals surface area contributed by atoms with Crippen molar-refractivity contribution in [3.05, 3.63) is 40.4 Å². The summed E-state index contributed by atoms with van der Waals surface area (Å²) in [4.78, 5) is 12.3. The van der Waals surface area contributed by atoms with Crippen molar-refractivity contribution in [2.45, 2.75) is 13.0 Å². The van der Waals surface area contributed by atoms with Gasteiger partial charge < -0.3 is 16.2 Å². The lowest BCUT2D eigenvalue weighted by atomic mass is 10.1. The van der Waals surface area contributed by atoms with Gasteiger partial charge in [-0.05, 0) is 36.2 Å². The largest absolute Gasteiger partial charge is 0.399 e. The summed E-state index contributed by atoms with van der Waals surface area (Å²) in [7, 11) is 0. The van der Waals surface area contributed by atoms with Crippen LogP contribution in [0.5, 0.6) is 0 Å². The first-order valence-corrected chi connectivity index (χ1v) is 6.46. The highest BCUT2D eigenvalue weighted by Crippen LogP contribution is 2.14. The van der Waals surface area contributed by atoms with Gasteiger partial charge in [-0.1, -0.05) is 16.6 Å². The number of nitrogens with one attached hydrogen (secondary N) is 1. The van der Waals surface area contributed by atoms with Gasteiger partial charge in [-0.2, -0.15) is 0 Å².